The number of aromatic nitrogens is 2. The molecule has 0 amide bonds. The van der Waals surface area contributed by atoms with E-state index in [4.69, 9.17) is 12.2 Å². The summed E-state index contributed by atoms with van der Waals surface area (Å²) in [5, 5.41) is 15.1. The summed E-state index contributed by atoms with van der Waals surface area (Å²) in [7, 11) is 0. The smallest absolute Gasteiger partial charge is 0.171 e. The van der Waals surface area contributed by atoms with Crippen LogP contribution >= 0.6 is 12.2 Å². The number of aromatic amines is 1. The number of rotatable bonds is 3. The monoisotopic (exact) mass is 282 g/mol. The van der Waals surface area contributed by atoms with E-state index in [0.29, 0.717) is 11.7 Å². The lowest BCUT2D eigenvalue weighted by molar-refractivity contribution is 0.928. The normalized spacial score (nSPS) is 10.4. The summed E-state index contributed by atoms with van der Waals surface area (Å²) < 4.78 is 0. The highest BCUT2D eigenvalue weighted by atomic mass is 32.1. The highest BCUT2D eigenvalue weighted by Crippen LogP contribution is 2.15. The van der Waals surface area contributed by atoms with Gasteiger partial charge in [0.1, 0.15) is 0 Å². The largest absolute Gasteiger partial charge is 0.358 e. The molecule has 0 atom stereocenters. The lowest BCUT2D eigenvalue weighted by atomic mass is 10.1. The van der Waals surface area contributed by atoms with Crippen LogP contribution in [-0.4, -0.2) is 15.3 Å². The van der Waals surface area contributed by atoms with Crippen LogP contribution in [0.2, 0.25) is 0 Å². The van der Waals surface area contributed by atoms with Gasteiger partial charge < -0.3 is 10.6 Å². The van der Waals surface area contributed by atoms with Gasteiger partial charge in [-0.3, -0.25) is 5.10 Å². The van der Waals surface area contributed by atoms with E-state index in [1.807, 2.05) is 48.7 Å². The van der Waals surface area contributed by atoms with Crippen molar-refractivity contribution < 1.29 is 0 Å². The van der Waals surface area contributed by atoms with Crippen LogP contribution in [0.1, 0.15) is 5.56 Å². The number of hydrogen-bond donors (Lipinski definition) is 3. The van der Waals surface area contributed by atoms with Crippen molar-refractivity contribution in [2.45, 2.75) is 6.54 Å². The fourth-order valence-electron chi connectivity index (χ4n) is 2.05. The molecule has 0 saturated carbocycles. The number of fused-ring (bicyclic) bond motifs is 1. The van der Waals surface area contributed by atoms with Gasteiger partial charge in [-0.2, -0.15) is 5.10 Å². The van der Waals surface area contributed by atoms with Crippen molar-refractivity contribution in [3.63, 3.8) is 0 Å². The van der Waals surface area contributed by atoms with Gasteiger partial charge in [-0.05, 0) is 29.9 Å². The molecule has 0 spiro atoms. The van der Waals surface area contributed by atoms with Gasteiger partial charge in [-0.25, -0.2) is 0 Å². The summed E-state index contributed by atoms with van der Waals surface area (Å²) in [6.45, 7) is 0.651. The molecule has 5 heteroatoms. The standard InChI is InChI=1S/C15H14N4S/c20-15(18-13-7-2-1-3-8-13)16-9-11-5-4-6-12-10-17-19-14(11)12/h1-8,10H,9H2,(H,17,19)(H2,16,18,20). The summed E-state index contributed by atoms with van der Waals surface area (Å²) in [6, 6.07) is 16.0. The number of para-hydroxylation sites is 2. The van der Waals surface area contributed by atoms with E-state index in [2.05, 4.69) is 26.9 Å². The van der Waals surface area contributed by atoms with E-state index in [1.165, 1.54) is 0 Å². The average molecular weight is 282 g/mol. The van der Waals surface area contributed by atoms with Crippen molar-refractivity contribution in [3.05, 3.63) is 60.3 Å². The zero-order valence-corrected chi connectivity index (χ0v) is 11.6. The second-order valence-electron chi connectivity index (χ2n) is 4.43. The molecular weight excluding hydrogens is 268 g/mol. The van der Waals surface area contributed by atoms with Crippen molar-refractivity contribution in [1.29, 1.82) is 0 Å². The summed E-state index contributed by atoms with van der Waals surface area (Å²) in [5.41, 5.74) is 3.16. The van der Waals surface area contributed by atoms with Gasteiger partial charge in [0.2, 0.25) is 0 Å². The van der Waals surface area contributed by atoms with Crippen LogP contribution in [0.15, 0.2) is 54.7 Å². The molecular formula is C15H14N4S. The molecule has 0 saturated heterocycles. The predicted molar refractivity (Wildman–Crippen MR) is 85.6 cm³/mol. The van der Waals surface area contributed by atoms with E-state index in [1.54, 1.807) is 0 Å². The van der Waals surface area contributed by atoms with Gasteiger partial charge in [0.05, 0.1) is 11.7 Å². The van der Waals surface area contributed by atoms with Crippen LogP contribution < -0.4 is 10.6 Å². The molecule has 0 fully saturated rings. The third-order valence-corrected chi connectivity index (χ3v) is 3.28. The summed E-state index contributed by atoms with van der Waals surface area (Å²) >= 11 is 5.29. The molecule has 3 rings (SSSR count). The first kappa shape index (κ1) is 12.6. The Hall–Kier alpha value is -2.40. The molecule has 0 unspecified atom stereocenters. The molecule has 2 aromatic carbocycles. The number of H-pyrrole nitrogens is 1. The first-order valence-corrected chi connectivity index (χ1v) is 6.74. The van der Waals surface area contributed by atoms with Crippen LogP contribution in [0.5, 0.6) is 0 Å². The Kier molecular flexibility index (Phi) is 3.60. The third-order valence-electron chi connectivity index (χ3n) is 3.03. The minimum absolute atomic E-state index is 0.604. The van der Waals surface area contributed by atoms with E-state index >= 15 is 0 Å². The summed E-state index contributed by atoms with van der Waals surface area (Å²) in [6.07, 6.45) is 1.82. The Bertz CT molecular complexity index is 721. The SMILES string of the molecule is S=C(NCc1cccc2cn[nH]c12)Nc1ccccc1. The molecule has 0 radical (unpaired) electrons. The Labute approximate surface area is 122 Å². The lowest BCUT2D eigenvalue weighted by Crippen LogP contribution is -2.27. The van der Waals surface area contributed by atoms with E-state index < -0.39 is 0 Å². The van der Waals surface area contributed by atoms with Gasteiger partial charge in [-0.15, -0.1) is 0 Å². The molecule has 3 N–H and O–H groups in total. The minimum atomic E-state index is 0.604. The summed E-state index contributed by atoms with van der Waals surface area (Å²) in [5.74, 6) is 0. The Morgan fingerprint density at radius 2 is 1.95 bits per heavy atom. The molecule has 100 valence electrons. The molecule has 1 aromatic heterocycles. The Morgan fingerprint density at radius 1 is 1.10 bits per heavy atom. The summed E-state index contributed by atoms with van der Waals surface area (Å²) in [4.78, 5) is 0. The number of nitrogens with one attached hydrogen (secondary N) is 3. The van der Waals surface area contributed by atoms with Crippen LogP contribution in [0.4, 0.5) is 5.69 Å². The van der Waals surface area contributed by atoms with Crippen molar-refractivity contribution >= 4 is 33.9 Å². The first-order valence-electron chi connectivity index (χ1n) is 6.34. The van der Waals surface area contributed by atoms with E-state index in [0.717, 1.165) is 22.2 Å². The van der Waals surface area contributed by atoms with E-state index in [9.17, 15) is 0 Å². The predicted octanol–water partition coefficient (Wildman–Crippen LogP) is 3.05. The fourth-order valence-corrected chi connectivity index (χ4v) is 2.24. The van der Waals surface area contributed by atoms with Crippen LogP contribution in [-0.2, 0) is 6.54 Å². The number of benzene rings is 2. The van der Waals surface area contributed by atoms with Gasteiger partial charge in [-0.1, -0.05) is 36.4 Å². The van der Waals surface area contributed by atoms with Crippen LogP contribution in [0.3, 0.4) is 0 Å². The molecule has 1 heterocycles. The van der Waals surface area contributed by atoms with Crippen LogP contribution in [0.25, 0.3) is 10.9 Å². The molecule has 0 bridgehead atoms. The molecule has 3 aromatic rings. The number of hydrogen-bond acceptors (Lipinski definition) is 2. The molecule has 0 aliphatic heterocycles. The maximum atomic E-state index is 5.29. The first-order chi connectivity index (χ1) is 9.83. The Balaban J connectivity index is 1.65. The maximum Gasteiger partial charge on any atom is 0.171 e. The quantitative estimate of drug-likeness (QED) is 0.646. The van der Waals surface area contributed by atoms with Crippen LogP contribution in [0, 0.1) is 0 Å². The maximum absolute atomic E-state index is 5.29. The van der Waals surface area contributed by atoms with Crippen molar-refractivity contribution in [2.24, 2.45) is 0 Å². The van der Waals surface area contributed by atoms with Gasteiger partial charge in [0.15, 0.2) is 5.11 Å². The zero-order chi connectivity index (χ0) is 13.8. The zero-order valence-electron chi connectivity index (χ0n) is 10.8. The number of thiocarbonyl (C=S) groups is 1. The molecule has 20 heavy (non-hydrogen) atoms. The van der Waals surface area contributed by atoms with Gasteiger partial charge in [0, 0.05) is 17.6 Å². The average Bonchev–Trinajstić information content (AvgIpc) is 2.95. The number of nitrogens with zero attached hydrogens (tertiary/aromatic N) is 1. The second kappa shape index (κ2) is 5.71. The lowest BCUT2D eigenvalue weighted by Gasteiger charge is -2.10. The van der Waals surface area contributed by atoms with Gasteiger partial charge >= 0.3 is 0 Å². The molecule has 0 aliphatic carbocycles. The molecule has 4 nitrogen and oxygen atoms in total. The van der Waals surface area contributed by atoms with Crippen molar-refractivity contribution in [1.82, 2.24) is 15.5 Å². The fraction of sp³-hybridized carbons (Fsp3) is 0.0667. The van der Waals surface area contributed by atoms with Gasteiger partial charge in [0.25, 0.3) is 0 Å². The highest BCUT2D eigenvalue weighted by molar-refractivity contribution is 7.80. The van der Waals surface area contributed by atoms with E-state index in [-0.39, 0.29) is 0 Å². The highest BCUT2D eigenvalue weighted by Gasteiger charge is 2.03. The minimum Gasteiger partial charge on any atom is -0.358 e. The van der Waals surface area contributed by atoms with Crippen molar-refractivity contribution in [2.75, 3.05) is 5.32 Å². The molecule has 0 aliphatic rings. The van der Waals surface area contributed by atoms with Crippen molar-refractivity contribution in [3.8, 4) is 0 Å². The Morgan fingerprint density at radius 3 is 2.80 bits per heavy atom. The third kappa shape index (κ3) is 2.78. The number of anilines is 1. The second-order valence-corrected chi connectivity index (χ2v) is 4.83. The topological polar surface area (TPSA) is 52.7 Å².